The van der Waals surface area contributed by atoms with Crippen LogP contribution in [0.15, 0.2) is 36.7 Å². The Labute approximate surface area is 117 Å². The molecule has 0 aliphatic carbocycles. The largest absolute Gasteiger partial charge is 0.481 e. The number of aryl methyl sites for hydroxylation is 1. The topological polar surface area (TPSA) is 80.0 Å². The number of nitrogens with one attached hydrogen (secondary N) is 1. The summed E-state index contributed by atoms with van der Waals surface area (Å²) in [4.78, 5) is 10.6. The summed E-state index contributed by atoms with van der Waals surface area (Å²) in [6.45, 7) is 2.53. The van der Waals surface area contributed by atoms with Crippen molar-refractivity contribution >= 4 is 5.97 Å². The number of carbonyl (C=O) groups is 1. The summed E-state index contributed by atoms with van der Waals surface area (Å²) >= 11 is 0. The molecule has 6 nitrogen and oxygen atoms in total. The monoisotopic (exact) mass is 274 g/mol. The maximum absolute atomic E-state index is 10.6. The Hall–Kier alpha value is -2.21. The van der Waals surface area contributed by atoms with Crippen LogP contribution in [-0.2, 0) is 24.3 Å². The minimum atomic E-state index is -0.802. The molecule has 1 aromatic heterocycles. The number of rotatable bonds is 8. The van der Waals surface area contributed by atoms with E-state index >= 15 is 0 Å². The van der Waals surface area contributed by atoms with Crippen LogP contribution < -0.4 is 5.32 Å². The molecule has 0 unspecified atom stereocenters. The lowest BCUT2D eigenvalue weighted by Gasteiger charge is -2.06. The molecule has 0 atom stereocenters. The van der Waals surface area contributed by atoms with Gasteiger partial charge in [-0.3, -0.25) is 9.48 Å². The molecule has 0 amide bonds. The normalized spacial score (nSPS) is 10.6. The summed E-state index contributed by atoms with van der Waals surface area (Å²) < 4.78 is 1.81. The summed E-state index contributed by atoms with van der Waals surface area (Å²) in [6.07, 6.45) is 4.58. The van der Waals surface area contributed by atoms with Gasteiger partial charge in [0.05, 0.1) is 12.6 Å². The molecule has 0 aliphatic rings. The lowest BCUT2D eigenvalue weighted by Crippen LogP contribution is -2.16. The Morgan fingerprint density at radius 3 is 2.65 bits per heavy atom. The van der Waals surface area contributed by atoms with Crippen molar-refractivity contribution in [2.75, 3.05) is 6.54 Å². The Morgan fingerprint density at radius 2 is 2.00 bits per heavy atom. The molecule has 20 heavy (non-hydrogen) atoms. The van der Waals surface area contributed by atoms with Crippen molar-refractivity contribution in [1.82, 2.24) is 20.3 Å². The first-order chi connectivity index (χ1) is 9.74. The van der Waals surface area contributed by atoms with Crippen molar-refractivity contribution in [1.29, 1.82) is 0 Å². The van der Waals surface area contributed by atoms with Gasteiger partial charge < -0.3 is 10.4 Å². The maximum atomic E-state index is 10.6. The molecule has 2 aromatic rings. The van der Waals surface area contributed by atoms with Crippen LogP contribution in [-0.4, -0.2) is 32.6 Å². The molecular formula is C14H18N4O2. The number of carboxylic acids is 1. The average molecular weight is 274 g/mol. The fourth-order valence-electron chi connectivity index (χ4n) is 1.90. The molecule has 0 fully saturated rings. The van der Waals surface area contributed by atoms with Gasteiger partial charge >= 0.3 is 5.97 Å². The van der Waals surface area contributed by atoms with Gasteiger partial charge in [-0.15, -0.1) is 5.10 Å². The first-order valence-corrected chi connectivity index (χ1v) is 6.58. The second kappa shape index (κ2) is 7.40. The quantitative estimate of drug-likeness (QED) is 0.704. The third kappa shape index (κ3) is 4.81. The van der Waals surface area contributed by atoms with Crippen LogP contribution in [0, 0.1) is 0 Å². The number of hydrogen-bond donors (Lipinski definition) is 2. The Morgan fingerprint density at radius 1 is 1.25 bits per heavy atom. The van der Waals surface area contributed by atoms with Gasteiger partial charge in [0, 0.05) is 19.3 Å². The van der Waals surface area contributed by atoms with Crippen molar-refractivity contribution < 1.29 is 9.90 Å². The first-order valence-electron chi connectivity index (χ1n) is 6.58. The molecular weight excluding hydrogens is 256 g/mol. The second-order valence-electron chi connectivity index (χ2n) is 4.58. The molecule has 0 saturated carbocycles. The van der Waals surface area contributed by atoms with Crippen LogP contribution in [0.5, 0.6) is 0 Å². The first kappa shape index (κ1) is 14.2. The van der Waals surface area contributed by atoms with E-state index in [0.717, 1.165) is 37.2 Å². The minimum absolute atomic E-state index is 0.0750. The molecule has 0 saturated heterocycles. The van der Waals surface area contributed by atoms with Gasteiger partial charge in [-0.05, 0) is 24.1 Å². The van der Waals surface area contributed by atoms with E-state index in [1.807, 2.05) is 35.1 Å². The molecule has 0 radical (unpaired) electrons. The molecule has 6 heteroatoms. The number of hydrogen-bond acceptors (Lipinski definition) is 4. The highest BCUT2D eigenvalue weighted by atomic mass is 16.4. The van der Waals surface area contributed by atoms with E-state index in [-0.39, 0.29) is 6.42 Å². The van der Waals surface area contributed by atoms with Gasteiger partial charge in [-0.1, -0.05) is 29.5 Å². The van der Waals surface area contributed by atoms with E-state index in [1.165, 1.54) is 0 Å². The van der Waals surface area contributed by atoms with Gasteiger partial charge in [-0.2, -0.15) is 0 Å². The number of benzene rings is 1. The van der Waals surface area contributed by atoms with Crippen molar-refractivity contribution in [2.24, 2.45) is 0 Å². The molecule has 1 heterocycles. The average Bonchev–Trinajstić information content (AvgIpc) is 2.93. The Bertz CT molecular complexity index is 523. The molecule has 0 aliphatic heterocycles. The second-order valence-corrected chi connectivity index (χ2v) is 4.58. The molecule has 0 spiro atoms. The van der Waals surface area contributed by atoms with Crippen molar-refractivity contribution in [2.45, 2.75) is 25.9 Å². The van der Waals surface area contributed by atoms with Crippen LogP contribution in [0.3, 0.4) is 0 Å². The summed E-state index contributed by atoms with van der Waals surface area (Å²) in [5, 5.41) is 19.7. The van der Waals surface area contributed by atoms with Crippen LogP contribution in [0.25, 0.3) is 0 Å². The zero-order valence-corrected chi connectivity index (χ0v) is 11.2. The SMILES string of the molecule is O=C(O)Cc1ccc(CNCCCn2ccnn2)cc1. The molecule has 106 valence electrons. The lowest BCUT2D eigenvalue weighted by atomic mass is 10.1. The van der Waals surface area contributed by atoms with Gasteiger partial charge in [-0.25, -0.2) is 0 Å². The third-order valence-corrected chi connectivity index (χ3v) is 2.92. The van der Waals surface area contributed by atoms with E-state index in [4.69, 9.17) is 5.11 Å². The summed E-state index contributed by atoms with van der Waals surface area (Å²) in [7, 11) is 0. The predicted octanol–water partition coefficient (Wildman–Crippen LogP) is 1.09. The lowest BCUT2D eigenvalue weighted by molar-refractivity contribution is -0.136. The fourth-order valence-corrected chi connectivity index (χ4v) is 1.90. The summed E-state index contributed by atoms with van der Waals surface area (Å²) in [5.74, 6) is -0.802. The molecule has 1 aromatic carbocycles. The summed E-state index contributed by atoms with van der Waals surface area (Å²) in [5.41, 5.74) is 1.98. The van der Waals surface area contributed by atoms with Crippen LogP contribution in [0.2, 0.25) is 0 Å². The Kier molecular flexibility index (Phi) is 5.25. The number of nitrogens with zero attached hydrogens (tertiary/aromatic N) is 3. The van der Waals surface area contributed by atoms with E-state index in [2.05, 4.69) is 15.6 Å². The highest BCUT2D eigenvalue weighted by Gasteiger charge is 2.00. The van der Waals surface area contributed by atoms with Gasteiger partial charge in [0.15, 0.2) is 0 Å². The fraction of sp³-hybridized carbons (Fsp3) is 0.357. The van der Waals surface area contributed by atoms with Crippen molar-refractivity contribution in [3.8, 4) is 0 Å². The number of carboxylic acid groups (broad SMARTS) is 1. The minimum Gasteiger partial charge on any atom is -0.481 e. The van der Waals surface area contributed by atoms with Crippen molar-refractivity contribution in [3.63, 3.8) is 0 Å². The van der Waals surface area contributed by atoms with E-state index in [9.17, 15) is 4.79 Å². The summed E-state index contributed by atoms with van der Waals surface area (Å²) in [6, 6.07) is 7.65. The van der Waals surface area contributed by atoms with Gasteiger partial charge in [0.25, 0.3) is 0 Å². The molecule has 2 N–H and O–H groups in total. The smallest absolute Gasteiger partial charge is 0.307 e. The van der Waals surface area contributed by atoms with Crippen molar-refractivity contribution in [3.05, 3.63) is 47.8 Å². The number of aliphatic carboxylic acids is 1. The van der Waals surface area contributed by atoms with E-state index < -0.39 is 5.97 Å². The zero-order valence-electron chi connectivity index (χ0n) is 11.2. The predicted molar refractivity (Wildman–Crippen MR) is 74.1 cm³/mol. The van der Waals surface area contributed by atoms with Gasteiger partial charge in [0.1, 0.15) is 0 Å². The van der Waals surface area contributed by atoms with Gasteiger partial charge in [0.2, 0.25) is 0 Å². The van der Waals surface area contributed by atoms with Crippen LogP contribution >= 0.6 is 0 Å². The maximum Gasteiger partial charge on any atom is 0.307 e. The zero-order chi connectivity index (χ0) is 14.2. The highest BCUT2D eigenvalue weighted by Crippen LogP contribution is 2.05. The molecule has 0 bridgehead atoms. The van der Waals surface area contributed by atoms with E-state index in [0.29, 0.717) is 0 Å². The Balaban J connectivity index is 1.65. The highest BCUT2D eigenvalue weighted by molar-refractivity contribution is 5.70. The molecule has 2 rings (SSSR count). The van der Waals surface area contributed by atoms with Crippen LogP contribution in [0.4, 0.5) is 0 Å². The van der Waals surface area contributed by atoms with E-state index in [1.54, 1.807) is 6.20 Å². The standard InChI is InChI=1S/C14H18N4O2/c19-14(20)10-12-2-4-13(5-3-12)11-15-6-1-8-18-9-7-16-17-18/h2-5,7,9,15H,1,6,8,10-11H2,(H,19,20). The van der Waals surface area contributed by atoms with Crippen LogP contribution in [0.1, 0.15) is 17.5 Å². The number of aromatic nitrogens is 3. The third-order valence-electron chi connectivity index (χ3n) is 2.92.